The second-order valence-corrected chi connectivity index (χ2v) is 9.99. The summed E-state index contributed by atoms with van der Waals surface area (Å²) in [5.74, 6) is -1.55. The van der Waals surface area contributed by atoms with Crippen molar-refractivity contribution in [3.8, 4) is 0 Å². The Hall–Kier alpha value is -1.95. The van der Waals surface area contributed by atoms with Crippen LogP contribution >= 0.6 is 0 Å². The van der Waals surface area contributed by atoms with Crippen molar-refractivity contribution in [2.24, 2.45) is 11.1 Å². The number of nitrogens with two attached hydrogens (primary N) is 1. The fourth-order valence-electron chi connectivity index (χ4n) is 3.37. The van der Waals surface area contributed by atoms with E-state index in [1.54, 1.807) is 20.8 Å². The molecule has 1 aromatic rings. The highest BCUT2D eigenvalue weighted by Gasteiger charge is 2.41. The van der Waals surface area contributed by atoms with Crippen molar-refractivity contribution in [3.05, 3.63) is 35.4 Å². The molecule has 1 amide bonds. The maximum Gasteiger partial charge on any atom is 0.410 e. The van der Waals surface area contributed by atoms with Gasteiger partial charge in [0.25, 0.3) is 0 Å². The van der Waals surface area contributed by atoms with E-state index in [2.05, 4.69) is 0 Å². The Balaban J connectivity index is 2.15. The number of aliphatic hydroxyl groups excluding tert-OH is 1. The smallest absolute Gasteiger partial charge is 0.410 e. The fourth-order valence-corrected chi connectivity index (χ4v) is 3.37. The fraction of sp³-hybridized carbons (Fsp3) is 0.696. The van der Waals surface area contributed by atoms with Gasteiger partial charge in [-0.25, -0.2) is 13.6 Å². The molecule has 0 bridgehead atoms. The second-order valence-electron chi connectivity index (χ2n) is 9.99. The van der Waals surface area contributed by atoms with Crippen molar-refractivity contribution >= 4 is 6.09 Å². The molecule has 11 heteroatoms. The van der Waals surface area contributed by atoms with Gasteiger partial charge in [0.15, 0.2) is 6.29 Å². The zero-order chi connectivity index (χ0) is 25.7. The van der Waals surface area contributed by atoms with Gasteiger partial charge in [0.2, 0.25) is 0 Å². The molecule has 3 N–H and O–H groups in total. The Kier molecular flexibility index (Phi) is 9.70. The average Bonchev–Trinajstić information content (AvgIpc) is 2.74. The highest BCUT2D eigenvalue weighted by Crippen LogP contribution is 2.25. The maximum atomic E-state index is 13.5. The average molecular weight is 495 g/mol. The summed E-state index contributed by atoms with van der Waals surface area (Å²) >= 11 is 0. The number of morpholine rings is 1. The van der Waals surface area contributed by atoms with Crippen molar-refractivity contribution in [1.82, 2.24) is 4.90 Å². The van der Waals surface area contributed by atoms with E-state index in [1.807, 2.05) is 0 Å². The lowest BCUT2D eigenvalue weighted by Gasteiger charge is -2.43. The van der Waals surface area contributed by atoms with Crippen molar-refractivity contribution in [3.63, 3.8) is 0 Å². The number of amides is 1. The molecule has 0 aromatic heterocycles. The Labute approximate surface area is 197 Å². The molecule has 2 rings (SSSR count). The summed E-state index contributed by atoms with van der Waals surface area (Å²) in [6.07, 6.45) is -3.19. The van der Waals surface area contributed by atoms with Gasteiger partial charge in [0, 0.05) is 17.5 Å². The quantitative estimate of drug-likeness (QED) is 0.513. The molecule has 0 aliphatic carbocycles. The van der Waals surface area contributed by atoms with E-state index in [0.29, 0.717) is 0 Å². The minimum Gasteiger partial charge on any atom is -0.444 e. The zero-order valence-corrected chi connectivity index (χ0v) is 19.9. The van der Waals surface area contributed by atoms with Gasteiger partial charge in [0.1, 0.15) is 17.2 Å². The molecule has 1 aliphatic rings. The van der Waals surface area contributed by atoms with Gasteiger partial charge in [-0.3, -0.25) is 13.7 Å². The van der Waals surface area contributed by atoms with Gasteiger partial charge in [-0.05, 0) is 44.9 Å². The summed E-state index contributed by atoms with van der Waals surface area (Å²) < 4.78 is 69.8. The summed E-state index contributed by atoms with van der Waals surface area (Å²) in [6.45, 7) is 3.82. The van der Waals surface area contributed by atoms with E-state index in [9.17, 15) is 27.5 Å². The minimum atomic E-state index is -1.35. The molecule has 1 saturated heterocycles. The summed E-state index contributed by atoms with van der Waals surface area (Å²) in [5.41, 5.74) is 4.16. The number of benzene rings is 1. The van der Waals surface area contributed by atoms with Crippen LogP contribution in [0.25, 0.3) is 0 Å². The van der Waals surface area contributed by atoms with Crippen LogP contribution in [0.1, 0.15) is 33.3 Å². The molecule has 1 heterocycles. The highest BCUT2D eigenvalue weighted by molar-refractivity contribution is 5.69. The van der Waals surface area contributed by atoms with E-state index in [1.165, 1.54) is 11.8 Å². The minimum absolute atomic E-state index is 0.0697. The molecule has 1 aromatic carbocycles. The normalized spacial score (nSPS) is 21.3. The predicted molar refractivity (Wildman–Crippen MR) is 117 cm³/mol. The van der Waals surface area contributed by atoms with Gasteiger partial charge < -0.3 is 25.1 Å². The number of nitrogens with zero attached hydrogens (tertiary/aromatic N) is 1. The summed E-state index contributed by atoms with van der Waals surface area (Å²) in [7, 11) is 0. The van der Waals surface area contributed by atoms with Crippen molar-refractivity contribution in [2.45, 2.75) is 64.2 Å². The number of ether oxygens (including phenoxy) is 3. The Bertz CT molecular complexity index is 799. The lowest BCUT2D eigenvalue weighted by Crippen LogP contribution is -2.62. The summed E-state index contributed by atoms with van der Waals surface area (Å²) in [4.78, 5) is 14.1. The third-order valence-corrected chi connectivity index (χ3v) is 5.32. The summed E-state index contributed by atoms with van der Waals surface area (Å²) in [5, 5.41) is 10.9. The standard InChI is InChI=1S/C23H34F4N2O5/c1-22(2,3)34-21(31)29-9-19(33-13-23(4,11-24)12-25)32-10-18(29)20(30)17(28)7-14-5-15(26)8-16(27)6-14/h5-6,8,17-20,30H,7,9-13,28H2,1-4H3/t17-,18+,19-,20-/m0/s1. The second kappa shape index (κ2) is 11.7. The number of hydrogen-bond donors (Lipinski definition) is 2. The largest absolute Gasteiger partial charge is 0.444 e. The van der Waals surface area contributed by atoms with Crippen LogP contribution in [0.3, 0.4) is 0 Å². The first-order chi connectivity index (χ1) is 15.8. The Morgan fingerprint density at radius 3 is 2.32 bits per heavy atom. The van der Waals surface area contributed by atoms with Gasteiger partial charge in [-0.1, -0.05) is 6.92 Å². The van der Waals surface area contributed by atoms with Gasteiger partial charge in [-0.15, -0.1) is 0 Å². The topological polar surface area (TPSA) is 94.2 Å². The van der Waals surface area contributed by atoms with Gasteiger partial charge >= 0.3 is 6.09 Å². The zero-order valence-electron chi connectivity index (χ0n) is 19.9. The number of aliphatic hydroxyl groups is 1. The Morgan fingerprint density at radius 2 is 1.79 bits per heavy atom. The molecule has 1 fully saturated rings. The van der Waals surface area contributed by atoms with E-state index in [4.69, 9.17) is 19.9 Å². The third kappa shape index (κ3) is 8.07. The third-order valence-electron chi connectivity index (χ3n) is 5.32. The number of halogens is 4. The number of carbonyl (C=O) groups excluding carboxylic acids is 1. The number of hydrogen-bond acceptors (Lipinski definition) is 6. The lowest BCUT2D eigenvalue weighted by atomic mass is 9.95. The molecule has 0 saturated carbocycles. The first kappa shape index (κ1) is 28.3. The molecular formula is C23H34F4N2O5. The van der Waals surface area contributed by atoms with Gasteiger partial charge in [0.05, 0.1) is 45.3 Å². The SMILES string of the molecule is CC(CF)(CF)CO[C@H]1CN(C(=O)OC(C)(C)C)[C@@H]([C@@H](O)[C@@H](N)Cc2cc(F)cc(F)c2)CO1. The number of alkyl halides is 2. The first-order valence-electron chi connectivity index (χ1n) is 11.0. The van der Waals surface area contributed by atoms with Crippen LogP contribution < -0.4 is 5.73 Å². The molecule has 4 atom stereocenters. The van der Waals surface area contributed by atoms with Crippen molar-refractivity contribution in [1.29, 1.82) is 0 Å². The van der Waals surface area contributed by atoms with Crippen LogP contribution in [0.4, 0.5) is 22.4 Å². The molecule has 0 radical (unpaired) electrons. The molecule has 0 unspecified atom stereocenters. The van der Waals surface area contributed by atoms with Crippen LogP contribution in [0.2, 0.25) is 0 Å². The molecular weight excluding hydrogens is 460 g/mol. The van der Waals surface area contributed by atoms with Gasteiger partial charge in [-0.2, -0.15) is 0 Å². The lowest BCUT2D eigenvalue weighted by molar-refractivity contribution is -0.213. The molecule has 34 heavy (non-hydrogen) atoms. The maximum absolute atomic E-state index is 13.5. The highest BCUT2D eigenvalue weighted by atomic mass is 19.1. The molecule has 7 nitrogen and oxygen atoms in total. The molecule has 0 spiro atoms. The van der Waals surface area contributed by atoms with E-state index in [-0.39, 0.29) is 31.7 Å². The van der Waals surface area contributed by atoms with Crippen LogP contribution in [-0.2, 0) is 20.6 Å². The van der Waals surface area contributed by atoms with Crippen molar-refractivity contribution in [2.75, 3.05) is 33.1 Å². The van der Waals surface area contributed by atoms with Crippen LogP contribution in [0, 0.1) is 17.0 Å². The van der Waals surface area contributed by atoms with Crippen LogP contribution in [0.5, 0.6) is 0 Å². The van der Waals surface area contributed by atoms with E-state index < -0.39 is 66.6 Å². The number of carbonyl (C=O) groups is 1. The monoisotopic (exact) mass is 494 g/mol. The van der Waals surface area contributed by atoms with Crippen LogP contribution in [0.15, 0.2) is 18.2 Å². The molecule has 1 aliphatic heterocycles. The predicted octanol–water partition coefficient (Wildman–Crippen LogP) is 3.12. The first-order valence-corrected chi connectivity index (χ1v) is 11.0. The molecule has 194 valence electrons. The van der Waals surface area contributed by atoms with Crippen LogP contribution in [-0.4, -0.2) is 79.3 Å². The van der Waals surface area contributed by atoms with E-state index >= 15 is 0 Å². The van der Waals surface area contributed by atoms with Crippen molar-refractivity contribution < 1.29 is 41.7 Å². The van der Waals surface area contributed by atoms with E-state index in [0.717, 1.165) is 18.2 Å². The summed E-state index contributed by atoms with van der Waals surface area (Å²) in [6, 6.07) is 0.974. The Morgan fingerprint density at radius 1 is 1.21 bits per heavy atom. The number of rotatable bonds is 9.